The number of fused-ring (bicyclic) bond motifs is 1. The smallest absolute Gasteiger partial charge is 0.176 e. The van der Waals surface area contributed by atoms with Gasteiger partial charge in [0.05, 0.1) is 12.9 Å². The standard InChI is InChI=1S/C12H15NO2/c1-2-6-14-11-5-3-4-10-9(7-13)8-15-12(10)11/h3-5,8H,2,6-7,13H2,1H3. The normalized spacial score (nSPS) is 10.8. The first-order chi connectivity index (χ1) is 7.36. The van der Waals surface area contributed by atoms with Crippen molar-refractivity contribution in [3.05, 3.63) is 30.0 Å². The fraction of sp³-hybridized carbons (Fsp3) is 0.333. The zero-order chi connectivity index (χ0) is 10.7. The Labute approximate surface area is 88.8 Å². The Balaban J connectivity index is 2.42. The summed E-state index contributed by atoms with van der Waals surface area (Å²) >= 11 is 0. The highest BCUT2D eigenvalue weighted by Crippen LogP contribution is 2.29. The molecule has 0 saturated carbocycles. The molecule has 0 spiro atoms. The van der Waals surface area contributed by atoms with Gasteiger partial charge in [0.2, 0.25) is 0 Å². The van der Waals surface area contributed by atoms with Gasteiger partial charge in [-0.15, -0.1) is 0 Å². The van der Waals surface area contributed by atoms with Crippen molar-refractivity contribution in [2.75, 3.05) is 6.61 Å². The number of hydrogen-bond donors (Lipinski definition) is 1. The zero-order valence-electron chi connectivity index (χ0n) is 8.82. The third-order valence-electron chi connectivity index (χ3n) is 2.33. The van der Waals surface area contributed by atoms with Crippen LogP contribution in [-0.2, 0) is 6.54 Å². The predicted molar refractivity (Wildman–Crippen MR) is 59.9 cm³/mol. The maximum absolute atomic E-state index is 5.61. The number of nitrogens with two attached hydrogens (primary N) is 1. The van der Waals surface area contributed by atoms with E-state index in [1.165, 1.54) is 0 Å². The summed E-state index contributed by atoms with van der Waals surface area (Å²) in [4.78, 5) is 0. The summed E-state index contributed by atoms with van der Waals surface area (Å²) < 4.78 is 11.1. The van der Waals surface area contributed by atoms with Crippen LogP contribution in [0.2, 0.25) is 0 Å². The average molecular weight is 205 g/mol. The second-order valence-corrected chi connectivity index (χ2v) is 3.45. The number of ether oxygens (including phenoxy) is 1. The first-order valence-corrected chi connectivity index (χ1v) is 5.18. The second kappa shape index (κ2) is 4.36. The number of benzene rings is 1. The van der Waals surface area contributed by atoms with E-state index in [0.717, 1.165) is 28.7 Å². The molecule has 15 heavy (non-hydrogen) atoms. The summed E-state index contributed by atoms with van der Waals surface area (Å²) in [7, 11) is 0. The molecule has 0 amide bonds. The largest absolute Gasteiger partial charge is 0.490 e. The lowest BCUT2D eigenvalue weighted by Gasteiger charge is -2.04. The Kier molecular flexibility index (Phi) is 2.92. The summed E-state index contributed by atoms with van der Waals surface area (Å²) in [6.45, 7) is 3.27. The maximum atomic E-state index is 5.61. The monoisotopic (exact) mass is 205 g/mol. The van der Waals surface area contributed by atoms with Crippen molar-refractivity contribution in [2.24, 2.45) is 5.73 Å². The molecule has 80 valence electrons. The van der Waals surface area contributed by atoms with Crippen LogP contribution >= 0.6 is 0 Å². The van der Waals surface area contributed by atoms with Gasteiger partial charge in [-0.2, -0.15) is 0 Å². The Hall–Kier alpha value is -1.48. The lowest BCUT2D eigenvalue weighted by molar-refractivity contribution is 0.316. The summed E-state index contributed by atoms with van der Waals surface area (Å²) in [6.07, 6.45) is 2.68. The second-order valence-electron chi connectivity index (χ2n) is 3.45. The van der Waals surface area contributed by atoms with Crippen LogP contribution in [0.4, 0.5) is 0 Å². The molecule has 1 heterocycles. The Morgan fingerprint density at radius 1 is 1.40 bits per heavy atom. The van der Waals surface area contributed by atoms with Crippen LogP contribution in [0.25, 0.3) is 11.0 Å². The topological polar surface area (TPSA) is 48.4 Å². The quantitative estimate of drug-likeness (QED) is 0.834. The minimum atomic E-state index is 0.490. The Bertz CT molecular complexity index is 448. The van der Waals surface area contributed by atoms with Gasteiger partial charge in [0.15, 0.2) is 11.3 Å². The molecule has 0 unspecified atom stereocenters. The van der Waals surface area contributed by atoms with Crippen molar-refractivity contribution in [3.63, 3.8) is 0 Å². The van der Waals surface area contributed by atoms with Crippen LogP contribution in [-0.4, -0.2) is 6.61 Å². The van der Waals surface area contributed by atoms with Crippen LogP contribution in [0.15, 0.2) is 28.9 Å². The lowest BCUT2D eigenvalue weighted by Crippen LogP contribution is -1.96. The maximum Gasteiger partial charge on any atom is 0.176 e. The predicted octanol–water partition coefficient (Wildman–Crippen LogP) is 2.68. The first-order valence-electron chi connectivity index (χ1n) is 5.18. The summed E-state index contributed by atoms with van der Waals surface area (Å²) in [5.41, 5.74) is 7.43. The minimum absolute atomic E-state index is 0.490. The molecule has 0 aliphatic carbocycles. The molecule has 0 fully saturated rings. The van der Waals surface area contributed by atoms with E-state index in [9.17, 15) is 0 Å². The van der Waals surface area contributed by atoms with Crippen molar-refractivity contribution in [3.8, 4) is 5.75 Å². The van der Waals surface area contributed by atoms with Gasteiger partial charge >= 0.3 is 0 Å². The van der Waals surface area contributed by atoms with Crippen molar-refractivity contribution in [2.45, 2.75) is 19.9 Å². The van der Waals surface area contributed by atoms with Crippen LogP contribution in [0.1, 0.15) is 18.9 Å². The summed E-state index contributed by atoms with van der Waals surface area (Å²) in [5, 5.41) is 1.05. The van der Waals surface area contributed by atoms with Crippen molar-refractivity contribution >= 4 is 11.0 Å². The molecule has 0 radical (unpaired) electrons. The Morgan fingerprint density at radius 2 is 2.27 bits per heavy atom. The highest BCUT2D eigenvalue weighted by atomic mass is 16.5. The molecule has 1 aromatic carbocycles. The van der Waals surface area contributed by atoms with Gasteiger partial charge in [-0.1, -0.05) is 19.1 Å². The molecule has 0 atom stereocenters. The van der Waals surface area contributed by atoms with Gasteiger partial charge in [0.1, 0.15) is 0 Å². The van der Waals surface area contributed by atoms with Gasteiger partial charge in [0, 0.05) is 17.5 Å². The SMILES string of the molecule is CCCOc1cccc2c(CN)coc12. The van der Waals surface area contributed by atoms with Crippen LogP contribution in [0.3, 0.4) is 0 Å². The molecule has 0 aliphatic rings. The van der Waals surface area contributed by atoms with E-state index < -0.39 is 0 Å². The van der Waals surface area contributed by atoms with Gasteiger partial charge in [-0.05, 0) is 12.5 Å². The number of para-hydroxylation sites is 1. The van der Waals surface area contributed by atoms with Crippen molar-refractivity contribution in [1.29, 1.82) is 0 Å². The molecule has 2 N–H and O–H groups in total. The minimum Gasteiger partial charge on any atom is -0.490 e. The summed E-state index contributed by atoms with van der Waals surface area (Å²) in [6, 6.07) is 5.88. The van der Waals surface area contributed by atoms with Crippen LogP contribution in [0.5, 0.6) is 5.75 Å². The van der Waals surface area contributed by atoms with Crippen molar-refractivity contribution in [1.82, 2.24) is 0 Å². The molecule has 3 heteroatoms. The van der Waals surface area contributed by atoms with Gasteiger partial charge in [-0.3, -0.25) is 0 Å². The van der Waals surface area contributed by atoms with Gasteiger partial charge in [-0.25, -0.2) is 0 Å². The number of rotatable bonds is 4. The van der Waals surface area contributed by atoms with E-state index in [-0.39, 0.29) is 0 Å². The van der Waals surface area contributed by atoms with E-state index in [1.54, 1.807) is 6.26 Å². The molecule has 0 saturated heterocycles. The number of hydrogen-bond acceptors (Lipinski definition) is 3. The molecule has 0 aliphatic heterocycles. The summed E-state index contributed by atoms with van der Waals surface area (Å²) in [5.74, 6) is 0.800. The molecule has 3 nitrogen and oxygen atoms in total. The molecular formula is C12H15NO2. The van der Waals surface area contributed by atoms with E-state index in [0.29, 0.717) is 13.2 Å². The lowest BCUT2D eigenvalue weighted by atomic mass is 10.2. The third kappa shape index (κ3) is 1.83. The van der Waals surface area contributed by atoms with Crippen LogP contribution < -0.4 is 10.5 Å². The molecular weight excluding hydrogens is 190 g/mol. The van der Waals surface area contributed by atoms with E-state index in [2.05, 4.69) is 6.92 Å². The molecule has 0 bridgehead atoms. The molecule has 1 aromatic heterocycles. The molecule has 2 rings (SSSR count). The third-order valence-corrected chi connectivity index (χ3v) is 2.33. The van der Waals surface area contributed by atoms with Crippen LogP contribution in [0, 0.1) is 0 Å². The van der Waals surface area contributed by atoms with Gasteiger partial charge < -0.3 is 14.9 Å². The van der Waals surface area contributed by atoms with E-state index in [4.69, 9.17) is 14.9 Å². The zero-order valence-corrected chi connectivity index (χ0v) is 8.82. The number of furan rings is 1. The van der Waals surface area contributed by atoms with Crippen molar-refractivity contribution < 1.29 is 9.15 Å². The fourth-order valence-electron chi connectivity index (χ4n) is 1.57. The first kappa shape index (κ1) is 10.1. The highest BCUT2D eigenvalue weighted by Gasteiger charge is 2.08. The van der Waals surface area contributed by atoms with E-state index >= 15 is 0 Å². The van der Waals surface area contributed by atoms with E-state index in [1.807, 2.05) is 18.2 Å². The van der Waals surface area contributed by atoms with Gasteiger partial charge in [0.25, 0.3) is 0 Å². The highest BCUT2D eigenvalue weighted by molar-refractivity contribution is 5.86. The fourth-order valence-corrected chi connectivity index (χ4v) is 1.57. The Morgan fingerprint density at radius 3 is 3.00 bits per heavy atom. The average Bonchev–Trinajstić information content (AvgIpc) is 2.69. The molecule has 2 aromatic rings.